The van der Waals surface area contributed by atoms with E-state index in [0.717, 1.165) is 0 Å². The number of esters is 1. The van der Waals surface area contributed by atoms with Crippen molar-refractivity contribution in [3.8, 4) is 0 Å². The smallest absolute Gasteiger partial charge is 0.464 e. The summed E-state index contributed by atoms with van der Waals surface area (Å²) in [6.45, 7) is 1.11. The average Bonchev–Trinajstić information content (AvgIpc) is 2.16. The van der Waals surface area contributed by atoms with Crippen molar-refractivity contribution in [3.63, 3.8) is 0 Å². The number of halogens is 1. The molecular weight excluding hydrogens is 310 g/mol. The molecule has 1 unspecified atom stereocenters. The van der Waals surface area contributed by atoms with Gasteiger partial charge < -0.3 is 4.74 Å². The van der Waals surface area contributed by atoms with Crippen LogP contribution in [0, 0.1) is 30.3 Å². The van der Waals surface area contributed by atoms with Crippen LogP contribution in [0.2, 0.25) is 0 Å². The van der Waals surface area contributed by atoms with Crippen LogP contribution >= 0.6 is 15.9 Å². The molecule has 0 saturated heterocycles. The van der Waals surface area contributed by atoms with E-state index in [0.29, 0.717) is 0 Å². The summed E-state index contributed by atoms with van der Waals surface area (Å²) >= 11 is 2.27. The molecule has 96 valence electrons. The zero-order valence-electron chi connectivity index (χ0n) is 8.27. The molecular formula is C5H6BrN3O8. The molecule has 0 fully saturated rings. The third-order valence-electron chi connectivity index (χ3n) is 1.64. The first kappa shape index (κ1) is 15.2. The van der Waals surface area contributed by atoms with E-state index >= 15 is 0 Å². The van der Waals surface area contributed by atoms with E-state index in [9.17, 15) is 35.1 Å². The van der Waals surface area contributed by atoms with Crippen LogP contribution in [0.15, 0.2) is 0 Å². The summed E-state index contributed by atoms with van der Waals surface area (Å²) in [6.07, 6.45) is 0. The third-order valence-corrected chi connectivity index (χ3v) is 2.63. The standard InChI is InChI=1S/C5H6BrN3O8/c1-2-17-4(10)3(6)5(7(11)12,8(13)14)9(15)16/h3H,2H2,1H3. The SMILES string of the molecule is CCOC(=O)C(Br)C([N+](=O)[O-])([N+](=O)[O-])[N+](=O)[O-]. The van der Waals surface area contributed by atoms with Crippen LogP contribution in [-0.4, -0.2) is 38.0 Å². The molecule has 0 aromatic rings. The topological polar surface area (TPSA) is 156 Å². The quantitative estimate of drug-likeness (QED) is 0.214. The molecule has 0 aliphatic rings. The van der Waals surface area contributed by atoms with Crippen LogP contribution in [0.4, 0.5) is 0 Å². The number of nitrogens with zero attached hydrogens (tertiary/aromatic N) is 3. The Labute approximate surface area is 101 Å². The highest BCUT2D eigenvalue weighted by Gasteiger charge is 2.79. The van der Waals surface area contributed by atoms with Crippen molar-refractivity contribution in [3.05, 3.63) is 30.3 Å². The molecule has 12 heteroatoms. The number of carbonyl (C=O) groups excluding carboxylic acids is 1. The molecule has 0 aliphatic heterocycles. The Morgan fingerprint density at radius 3 is 1.82 bits per heavy atom. The lowest BCUT2D eigenvalue weighted by Crippen LogP contribution is -2.62. The number of rotatable bonds is 6. The minimum absolute atomic E-state index is 0.232. The highest BCUT2D eigenvalue weighted by atomic mass is 79.9. The molecule has 0 rings (SSSR count). The predicted molar refractivity (Wildman–Crippen MR) is 53.1 cm³/mol. The average molecular weight is 316 g/mol. The first-order valence-electron chi connectivity index (χ1n) is 3.97. The lowest BCUT2D eigenvalue weighted by atomic mass is 10.2. The van der Waals surface area contributed by atoms with Crippen molar-refractivity contribution in [2.45, 2.75) is 17.5 Å². The summed E-state index contributed by atoms with van der Waals surface area (Å²) in [5, 5.41) is 31.6. The summed E-state index contributed by atoms with van der Waals surface area (Å²) < 4.78 is 4.26. The third kappa shape index (κ3) is 2.46. The fourth-order valence-corrected chi connectivity index (χ4v) is 1.48. The van der Waals surface area contributed by atoms with E-state index in [1.54, 1.807) is 0 Å². The first-order chi connectivity index (χ1) is 7.72. The number of ether oxygens (including phenoxy) is 1. The Bertz CT molecular complexity index is 334. The second-order valence-electron chi connectivity index (χ2n) is 2.57. The minimum Gasteiger partial charge on any atom is -0.464 e. The van der Waals surface area contributed by atoms with Crippen LogP contribution in [0.25, 0.3) is 0 Å². The van der Waals surface area contributed by atoms with Gasteiger partial charge in [0.05, 0.1) is 6.61 Å². The summed E-state index contributed by atoms with van der Waals surface area (Å²) in [7, 11) is 0. The number of carbonyl (C=O) groups is 1. The number of hydrogen-bond acceptors (Lipinski definition) is 8. The monoisotopic (exact) mass is 315 g/mol. The zero-order chi connectivity index (χ0) is 13.8. The molecule has 0 amide bonds. The van der Waals surface area contributed by atoms with Crippen molar-refractivity contribution < 1.29 is 24.3 Å². The van der Waals surface area contributed by atoms with Gasteiger partial charge in [-0.1, -0.05) is 15.9 Å². The van der Waals surface area contributed by atoms with E-state index < -0.39 is 31.4 Å². The van der Waals surface area contributed by atoms with Crippen molar-refractivity contribution in [2.75, 3.05) is 6.61 Å². The molecule has 0 bridgehead atoms. The van der Waals surface area contributed by atoms with Gasteiger partial charge in [-0.05, 0) is 6.92 Å². The van der Waals surface area contributed by atoms with Crippen LogP contribution in [0.5, 0.6) is 0 Å². The Hall–Kier alpha value is -1.85. The lowest BCUT2D eigenvalue weighted by Gasteiger charge is -2.12. The van der Waals surface area contributed by atoms with Crippen LogP contribution in [-0.2, 0) is 9.53 Å². The van der Waals surface area contributed by atoms with Crippen molar-refractivity contribution >= 4 is 21.9 Å². The van der Waals surface area contributed by atoms with Gasteiger partial charge >= 0.3 is 16.6 Å². The maximum atomic E-state index is 11.1. The molecule has 0 saturated carbocycles. The molecule has 1 atom stereocenters. The number of hydrogen-bond donors (Lipinski definition) is 0. The molecule has 17 heavy (non-hydrogen) atoms. The molecule has 0 aromatic carbocycles. The highest BCUT2D eigenvalue weighted by Crippen LogP contribution is 2.25. The molecule has 0 aromatic heterocycles. The van der Waals surface area contributed by atoms with Crippen LogP contribution in [0.3, 0.4) is 0 Å². The number of alkyl halides is 1. The van der Waals surface area contributed by atoms with Crippen molar-refractivity contribution in [1.29, 1.82) is 0 Å². The van der Waals surface area contributed by atoms with Crippen LogP contribution in [0.1, 0.15) is 6.92 Å². The second kappa shape index (κ2) is 5.47. The minimum atomic E-state index is -3.91. The summed E-state index contributed by atoms with van der Waals surface area (Å²) in [5.74, 6) is -5.37. The van der Waals surface area contributed by atoms with E-state index in [-0.39, 0.29) is 6.61 Å². The van der Waals surface area contributed by atoms with Gasteiger partial charge in [-0.2, -0.15) is 0 Å². The van der Waals surface area contributed by atoms with Gasteiger partial charge in [-0.25, -0.2) is 4.79 Å². The van der Waals surface area contributed by atoms with E-state index in [1.165, 1.54) is 6.92 Å². The van der Waals surface area contributed by atoms with Gasteiger partial charge in [0.2, 0.25) is 0 Å². The predicted octanol–water partition coefficient (Wildman–Crippen LogP) is -0.203. The normalized spacial score (nSPS) is 12.6. The Balaban J connectivity index is 5.61. The van der Waals surface area contributed by atoms with E-state index in [4.69, 9.17) is 0 Å². The van der Waals surface area contributed by atoms with Gasteiger partial charge in [0, 0.05) is 0 Å². The molecule has 0 spiro atoms. The molecule has 0 N–H and O–H groups in total. The Kier molecular flexibility index (Phi) is 4.87. The fourth-order valence-electron chi connectivity index (χ4n) is 0.851. The van der Waals surface area contributed by atoms with Crippen molar-refractivity contribution in [1.82, 2.24) is 0 Å². The van der Waals surface area contributed by atoms with Gasteiger partial charge in [-0.15, -0.1) is 0 Å². The summed E-state index contributed by atoms with van der Waals surface area (Å²) in [5.41, 5.74) is 0. The fraction of sp³-hybridized carbons (Fsp3) is 0.800. The maximum Gasteiger partial charge on any atom is 0.723 e. The Morgan fingerprint density at radius 1 is 1.24 bits per heavy atom. The highest BCUT2D eigenvalue weighted by molar-refractivity contribution is 9.10. The number of nitro groups is 3. The summed E-state index contributed by atoms with van der Waals surface area (Å²) in [6, 6.07) is 0. The van der Waals surface area contributed by atoms with Crippen LogP contribution < -0.4 is 0 Å². The lowest BCUT2D eigenvalue weighted by molar-refractivity contribution is -0.966. The zero-order valence-corrected chi connectivity index (χ0v) is 9.86. The molecule has 0 radical (unpaired) electrons. The first-order valence-corrected chi connectivity index (χ1v) is 4.88. The van der Waals surface area contributed by atoms with Gasteiger partial charge in [-0.3, -0.25) is 30.3 Å². The van der Waals surface area contributed by atoms with Gasteiger partial charge in [0.15, 0.2) is 14.8 Å². The van der Waals surface area contributed by atoms with E-state index in [2.05, 4.69) is 20.7 Å². The largest absolute Gasteiger partial charge is 0.723 e. The second-order valence-corrected chi connectivity index (χ2v) is 3.49. The molecule has 0 aliphatic carbocycles. The molecule has 11 nitrogen and oxygen atoms in total. The maximum absolute atomic E-state index is 11.1. The molecule has 0 heterocycles. The van der Waals surface area contributed by atoms with Crippen molar-refractivity contribution in [2.24, 2.45) is 0 Å². The van der Waals surface area contributed by atoms with Gasteiger partial charge in [0.25, 0.3) is 0 Å². The van der Waals surface area contributed by atoms with E-state index in [1.807, 2.05) is 0 Å². The Morgan fingerprint density at radius 2 is 1.59 bits per heavy atom. The summed E-state index contributed by atoms with van der Waals surface area (Å²) in [4.78, 5) is 35.1. The van der Waals surface area contributed by atoms with Gasteiger partial charge in [0.1, 0.15) is 0 Å².